The Bertz CT molecular complexity index is 803. The van der Waals surface area contributed by atoms with Crippen LogP contribution < -0.4 is 9.47 Å². The lowest BCUT2D eigenvalue weighted by Gasteiger charge is -2.10. The first-order valence-electron chi connectivity index (χ1n) is 7.89. The van der Waals surface area contributed by atoms with Crippen molar-refractivity contribution in [1.29, 1.82) is 0 Å². The third kappa shape index (κ3) is 3.11. The molecule has 1 aromatic heterocycles. The number of pyridine rings is 1. The van der Waals surface area contributed by atoms with Crippen LogP contribution in [0.5, 0.6) is 11.5 Å². The Morgan fingerprint density at radius 2 is 1.12 bits per heavy atom. The summed E-state index contributed by atoms with van der Waals surface area (Å²) in [7, 11) is 3.37. The molecule has 1 heterocycles. The minimum Gasteiger partial charge on any atom is -0.496 e. The molecule has 0 N–H and O–H groups in total. The van der Waals surface area contributed by atoms with Crippen molar-refractivity contribution in [3.8, 4) is 34.0 Å². The van der Waals surface area contributed by atoms with Crippen molar-refractivity contribution in [3.05, 3.63) is 65.7 Å². The third-order valence-corrected chi connectivity index (χ3v) is 4.13. The maximum atomic E-state index is 5.33. The minimum absolute atomic E-state index is 0.890. The Balaban J connectivity index is 2.00. The Kier molecular flexibility index (Phi) is 4.52. The average molecular weight is 319 g/mol. The zero-order chi connectivity index (χ0) is 17.1. The summed E-state index contributed by atoms with van der Waals surface area (Å²) in [5.74, 6) is 1.78. The summed E-state index contributed by atoms with van der Waals surface area (Å²) in [6, 6.07) is 18.3. The topological polar surface area (TPSA) is 31.4 Å². The van der Waals surface area contributed by atoms with Crippen LogP contribution in [0.25, 0.3) is 22.5 Å². The number of aromatic nitrogens is 1. The summed E-state index contributed by atoms with van der Waals surface area (Å²) in [5, 5.41) is 0. The number of ether oxygens (including phenoxy) is 2. The Hall–Kier alpha value is -2.81. The van der Waals surface area contributed by atoms with E-state index < -0.39 is 0 Å². The van der Waals surface area contributed by atoms with Gasteiger partial charge in [0.1, 0.15) is 11.5 Å². The number of benzene rings is 2. The van der Waals surface area contributed by atoms with E-state index in [1.807, 2.05) is 56.3 Å². The fourth-order valence-corrected chi connectivity index (χ4v) is 2.83. The molecule has 0 fully saturated rings. The predicted molar refractivity (Wildman–Crippen MR) is 97.7 cm³/mol. The molecule has 0 spiro atoms. The highest BCUT2D eigenvalue weighted by Gasteiger charge is 2.07. The minimum atomic E-state index is 0.890. The lowest BCUT2D eigenvalue weighted by molar-refractivity contribution is 0.411. The molecule has 0 aliphatic rings. The van der Waals surface area contributed by atoms with Gasteiger partial charge in [-0.2, -0.15) is 0 Å². The van der Waals surface area contributed by atoms with Gasteiger partial charge < -0.3 is 9.47 Å². The molecule has 3 nitrogen and oxygen atoms in total. The van der Waals surface area contributed by atoms with E-state index in [-0.39, 0.29) is 0 Å². The lowest BCUT2D eigenvalue weighted by Crippen LogP contribution is -1.92. The van der Waals surface area contributed by atoms with Gasteiger partial charge in [0.15, 0.2) is 0 Å². The number of aryl methyl sites for hydroxylation is 2. The summed E-state index contributed by atoms with van der Waals surface area (Å²) in [5.41, 5.74) is 6.27. The third-order valence-electron chi connectivity index (χ3n) is 4.13. The zero-order valence-corrected chi connectivity index (χ0v) is 14.5. The van der Waals surface area contributed by atoms with Crippen LogP contribution in [-0.4, -0.2) is 19.2 Å². The molecule has 0 unspecified atom stereocenters. The van der Waals surface area contributed by atoms with E-state index in [2.05, 4.69) is 12.1 Å². The van der Waals surface area contributed by atoms with Crippen molar-refractivity contribution in [2.24, 2.45) is 0 Å². The van der Waals surface area contributed by atoms with Crippen molar-refractivity contribution < 1.29 is 9.47 Å². The standard InChI is InChI=1S/C21H21NO2/c1-14-12-16(8-10-20(14)23-3)18-6-5-7-19(22-18)17-9-11-21(24-4)15(2)13-17/h5-13H,1-4H3. The summed E-state index contributed by atoms with van der Waals surface area (Å²) in [6.07, 6.45) is 0. The lowest BCUT2D eigenvalue weighted by atomic mass is 10.0. The predicted octanol–water partition coefficient (Wildman–Crippen LogP) is 5.05. The molecular formula is C21H21NO2. The molecule has 0 saturated heterocycles. The van der Waals surface area contributed by atoms with Gasteiger partial charge in [-0.25, -0.2) is 4.98 Å². The average Bonchev–Trinajstić information content (AvgIpc) is 2.61. The van der Waals surface area contributed by atoms with Gasteiger partial charge in [-0.05, 0) is 73.5 Å². The second-order valence-electron chi connectivity index (χ2n) is 5.78. The first kappa shape index (κ1) is 16.1. The molecule has 0 aliphatic heterocycles. The molecule has 0 atom stereocenters. The summed E-state index contributed by atoms with van der Waals surface area (Å²) >= 11 is 0. The van der Waals surface area contributed by atoms with E-state index in [1.54, 1.807) is 14.2 Å². The number of hydrogen-bond acceptors (Lipinski definition) is 3. The van der Waals surface area contributed by atoms with E-state index in [0.29, 0.717) is 0 Å². The molecule has 3 rings (SSSR count). The van der Waals surface area contributed by atoms with Crippen molar-refractivity contribution in [3.63, 3.8) is 0 Å². The Labute approximate surface area is 142 Å². The summed E-state index contributed by atoms with van der Waals surface area (Å²) in [6.45, 7) is 4.08. The molecule has 0 amide bonds. The molecule has 0 aliphatic carbocycles. The maximum Gasteiger partial charge on any atom is 0.121 e. The molecular weight excluding hydrogens is 298 g/mol. The van der Waals surface area contributed by atoms with Crippen LogP contribution in [-0.2, 0) is 0 Å². The van der Waals surface area contributed by atoms with E-state index in [0.717, 1.165) is 45.1 Å². The number of rotatable bonds is 4. The molecule has 24 heavy (non-hydrogen) atoms. The van der Waals surface area contributed by atoms with Crippen molar-refractivity contribution >= 4 is 0 Å². The van der Waals surface area contributed by atoms with E-state index in [9.17, 15) is 0 Å². The van der Waals surface area contributed by atoms with Gasteiger partial charge in [0.25, 0.3) is 0 Å². The number of hydrogen-bond donors (Lipinski definition) is 0. The SMILES string of the molecule is COc1ccc(-c2cccc(-c3ccc(OC)c(C)c3)n2)cc1C. The smallest absolute Gasteiger partial charge is 0.121 e. The second-order valence-corrected chi connectivity index (χ2v) is 5.78. The molecule has 2 aromatic carbocycles. The van der Waals surface area contributed by atoms with Crippen molar-refractivity contribution in [2.45, 2.75) is 13.8 Å². The van der Waals surface area contributed by atoms with E-state index in [4.69, 9.17) is 14.5 Å². The first-order chi connectivity index (χ1) is 11.6. The molecule has 122 valence electrons. The summed E-state index contributed by atoms with van der Waals surface area (Å²) < 4.78 is 10.7. The van der Waals surface area contributed by atoms with Gasteiger partial charge in [0, 0.05) is 11.1 Å². The molecule has 3 heteroatoms. The van der Waals surface area contributed by atoms with Crippen molar-refractivity contribution in [1.82, 2.24) is 4.98 Å². The fourth-order valence-electron chi connectivity index (χ4n) is 2.83. The van der Waals surface area contributed by atoms with Gasteiger partial charge in [-0.3, -0.25) is 0 Å². The van der Waals surface area contributed by atoms with Crippen LogP contribution in [0, 0.1) is 13.8 Å². The van der Waals surface area contributed by atoms with Crippen LogP contribution in [0.15, 0.2) is 54.6 Å². The highest BCUT2D eigenvalue weighted by molar-refractivity contribution is 5.68. The van der Waals surface area contributed by atoms with E-state index in [1.165, 1.54) is 0 Å². The Morgan fingerprint density at radius 3 is 1.50 bits per heavy atom. The molecule has 3 aromatic rings. The summed E-state index contributed by atoms with van der Waals surface area (Å²) in [4.78, 5) is 4.82. The van der Waals surface area contributed by atoms with Crippen molar-refractivity contribution in [2.75, 3.05) is 14.2 Å². The zero-order valence-electron chi connectivity index (χ0n) is 14.5. The second kappa shape index (κ2) is 6.75. The fraction of sp³-hybridized carbons (Fsp3) is 0.190. The number of nitrogens with zero attached hydrogens (tertiary/aromatic N) is 1. The Morgan fingerprint density at radius 1 is 0.667 bits per heavy atom. The maximum absolute atomic E-state index is 5.33. The highest BCUT2D eigenvalue weighted by Crippen LogP contribution is 2.28. The first-order valence-corrected chi connectivity index (χ1v) is 7.89. The molecule has 0 saturated carbocycles. The normalized spacial score (nSPS) is 10.5. The molecule has 0 bridgehead atoms. The molecule has 0 radical (unpaired) electrons. The van der Waals surface area contributed by atoms with Gasteiger partial charge in [0.05, 0.1) is 25.6 Å². The van der Waals surface area contributed by atoms with Crippen LogP contribution in [0.2, 0.25) is 0 Å². The van der Waals surface area contributed by atoms with Gasteiger partial charge >= 0.3 is 0 Å². The number of methoxy groups -OCH3 is 2. The monoisotopic (exact) mass is 319 g/mol. The van der Waals surface area contributed by atoms with Gasteiger partial charge in [-0.15, -0.1) is 0 Å². The highest BCUT2D eigenvalue weighted by atomic mass is 16.5. The van der Waals surface area contributed by atoms with Crippen LogP contribution in [0.3, 0.4) is 0 Å². The quantitative estimate of drug-likeness (QED) is 0.674. The van der Waals surface area contributed by atoms with Crippen LogP contribution in [0.4, 0.5) is 0 Å². The van der Waals surface area contributed by atoms with E-state index >= 15 is 0 Å². The van der Waals surface area contributed by atoms with Crippen LogP contribution in [0.1, 0.15) is 11.1 Å². The van der Waals surface area contributed by atoms with Gasteiger partial charge in [-0.1, -0.05) is 6.07 Å². The van der Waals surface area contributed by atoms with Crippen LogP contribution >= 0.6 is 0 Å². The largest absolute Gasteiger partial charge is 0.496 e. The van der Waals surface area contributed by atoms with Gasteiger partial charge in [0.2, 0.25) is 0 Å².